The van der Waals surface area contributed by atoms with E-state index in [1.807, 2.05) is 12.1 Å². The van der Waals surface area contributed by atoms with Crippen molar-refractivity contribution >= 4 is 17.5 Å². The van der Waals surface area contributed by atoms with E-state index in [1.165, 1.54) is 25.7 Å². The summed E-state index contributed by atoms with van der Waals surface area (Å²) in [5.74, 6) is 1.66. The van der Waals surface area contributed by atoms with Crippen LogP contribution in [-0.2, 0) is 4.79 Å². The van der Waals surface area contributed by atoms with E-state index in [9.17, 15) is 4.79 Å². The molecule has 3 aromatic rings. The summed E-state index contributed by atoms with van der Waals surface area (Å²) >= 11 is 0. The Kier molecular flexibility index (Phi) is 7.56. The molecule has 3 N–H and O–H groups in total. The molecular formula is C27H34N6O2. The van der Waals surface area contributed by atoms with Gasteiger partial charge >= 0.3 is 0 Å². The van der Waals surface area contributed by atoms with Gasteiger partial charge in [-0.05, 0) is 37.8 Å². The zero-order valence-corrected chi connectivity index (χ0v) is 20.1. The third-order valence-electron chi connectivity index (χ3n) is 7.03. The van der Waals surface area contributed by atoms with Crippen molar-refractivity contribution in [3.05, 3.63) is 48.4 Å². The molecule has 1 saturated carbocycles. The lowest BCUT2D eigenvalue weighted by Crippen LogP contribution is -2.34. The SMILES string of the molecule is O=C(N[C@@H]1CCCOc2cc(-c3ccnc(Nc4cn[nH]c4)n3)ccc21)C1CCCCCCCC1. The van der Waals surface area contributed by atoms with Crippen LogP contribution >= 0.6 is 0 Å². The maximum absolute atomic E-state index is 13.2. The number of hydrogen-bond acceptors (Lipinski definition) is 6. The number of fused-ring (bicyclic) bond motifs is 1. The van der Waals surface area contributed by atoms with E-state index in [2.05, 4.69) is 42.9 Å². The van der Waals surface area contributed by atoms with Crippen molar-refractivity contribution in [3.8, 4) is 17.0 Å². The Bertz CT molecular complexity index is 1110. The number of aromatic nitrogens is 4. The topological polar surface area (TPSA) is 105 Å². The van der Waals surface area contributed by atoms with Crippen LogP contribution in [0.15, 0.2) is 42.9 Å². The predicted octanol–water partition coefficient (Wildman–Crippen LogP) is 5.69. The van der Waals surface area contributed by atoms with Crippen LogP contribution in [-0.4, -0.2) is 32.7 Å². The van der Waals surface area contributed by atoms with Crippen molar-refractivity contribution < 1.29 is 9.53 Å². The Morgan fingerprint density at radius 3 is 2.63 bits per heavy atom. The normalized spacial score (nSPS) is 19.3. The number of benzene rings is 1. The van der Waals surface area contributed by atoms with Gasteiger partial charge in [-0.25, -0.2) is 9.97 Å². The van der Waals surface area contributed by atoms with Crippen LogP contribution in [0.25, 0.3) is 11.3 Å². The molecule has 1 aliphatic carbocycles. The third-order valence-corrected chi connectivity index (χ3v) is 7.03. The van der Waals surface area contributed by atoms with E-state index in [-0.39, 0.29) is 17.9 Å². The van der Waals surface area contributed by atoms with E-state index in [1.54, 1.807) is 18.6 Å². The molecule has 0 unspecified atom stereocenters. The smallest absolute Gasteiger partial charge is 0.227 e. The molecule has 1 aliphatic heterocycles. The van der Waals surface area contributed by atoms with Crippen LogP contribution in [0, 0.1) is 5.92 Å². The number of H-pyrrole nitrogens is 1. The summed E-state index contributed by atoms with van der Waals surface area (Å²) in [5, 5.41) is 13.2. The molecule has 8 nitrogen and oxygen atoms in total. The quantitative estimate of drug-likeness (QED) is 0.439. The first-order valence-corrected chi connectivity index (χ1v) is 12.9. The van der Waals surface area contributed by atoms with E-state index in [0.29, 0.717) is 12.6 Å². The first kappa shape index (κ1) is 23.3. The van der Waals surface area contributed by atoms with Crippen LogP contribution in [0.2, 0.25) is 0 Å². The summed E-state index contributed by atoms with van der Waals surface area (Å²) in [6.45, 7) is 0.642. The van der Waals surface area contributed by atoms with Crippen molar-refractivity contribution in [1.82, 2.24) is 25.5 Å². The summed E-state index contributed by atoms with van der Waals surface area (Å²) in [6.07, 6.45) is 16.4. The standard InChI is InChI=1S/C27H34N6O2/c34-26(19-8-5-3-1-2-4-6-9-19)32-24-10-7-15-35-25-16-20(11-12-22(24)25)23-13-14-28-27(33-23)31-21-17-29-30-18-21/h11-14,16-19,24H,1-10,15H2,(H,29,30)(H,32,34)(H,28,31,33)/t24-/m1/s1. The highest BCUT2D eigenvalue weighted by molar-refractivity contribution is 5.79. The molecule has 1 fully saturated rings. The van der Waals surface area contributed by atoms with E-state index in [4.69, 9.17) is 4.74 Å². The Morgan fingerprint density at radius 1 is 1.00 bits per heavy atom. The van der Waals surface area contributed by atoms with Crippen LogP contribution in [0.1, 0.15) is 75.8 Å². The largest absolute Gasteiger partial charge is 0.493 e. The highest BCUT2D eigenvalue weighted by Gasteiger charge is 2.26. The second-order valence-corrected chi connectivity index (χ2v) is 9.58. The summed E-state index contributed by atoms with van der Waals surface area (Å²) in [7, 11) is 0. The molecule has 5 rings (SSSR count). The van der Waals surface area contributed by atoms with E-state index in [0.717, 1.165) is 66.8 Å². The summed E-state index contributed by atoms with van der Waals surface area (Å²) in [5.41, 5.74) is 3.59. The minimum atomic E-state index is -0.0228. The lowest BCUT2D eigenvalue weighted by atomic mass is 9.94. The molecular weight excluding hydrogens is 440 g/mol. The number of aromatic amines is 1. The zero-order chi connectivity index (χ0) is 23.9. The monoisotopic (exact) mass is 474 g/mol. The first-order chi connectivity index (χ1) is 17.3. The van der Waals surface area contributed by atoms with Gasteiger partial charge in [0.15, 0.2) is 0 Å². The van der Waals surface area contributed by atoms with Gasteiger partial charge in [-0.2, -0.15) is 5.10 Å². The maximum atomic E-state index is 13.2. The number of nitrogens with zero attached hydrogens (tertiary/aromatic N) is 3. The van der Waals surface area contributed by atoms with Gasteiger partial charge in [0.05, 0.1) is 30.2 Å². The summed E-state index contributed by atoms with van der Waals surface area (Å²) < 4.78 is 6.11. The van der Waals surface area contributed by atoms with E-state index < -0.39 is 0 Å². The molecule has 0 bridgehead atoms. The number of ether oxygens (including phenoxy) is 1. The molecule has 35 heavy (non-hydrogen) atoms. The Balaban J connectivity index is 1.32. The van der Waals surface area contributed by atoms with Gasteiger partial charge in [0.2, 0.25) is 11.9 Å². The number of rotatable bonds is 5. The number of amides is 1. The highest BCUT2D eigenvalue weighted by atomic mass is 16.5. The van der Waals surface area contributed by atoms with Crippen molar-refractivity contribution in [1.29, 1.82) is 0 Å². The minimum absolute atomic E-state index is 0.0228. The number of nitrogens with one attached hydrogen (secondary N) is 3. The molecule has 1 atom stereocenters. The Hall–Kier alpha value is -3.42. The van der Waals surface area contributed by atoms with Crippen LogP contribution in [0.5, 0.6) is 5.75 Å². The lowest BCUT2D eigenvalue weighted by molar-refractivity contribution is -0.126. The molecule has 0 spiro atoms. The van der Waals surface area contributed by atoms with Gasteiger partial charge in [0.25, 0.3) is 0 Å². The van der Waals surface area contributed by atoms with Gasteiger partial charge in [-0.15, -0.1) is 0 Å². The second kappa shape index (κ2) is 11.3. The van der Waals surface area contributed by atoms with Crippen molar-refractivity contribution in [2.75, 3.05) is 11.9 Å². The van der Waals surface area contributed by atoms with Crippen molar-refractivity contribution in [2.45, 2.75) is 70.3 Å². The first-order valence-electron chi connectivity index (χ1n) is 12.9. The number of anilines is 2. The van der Waals surface area contributed by atoms with E-state index >= 15 is 0 Å². The fourth-order valence-corrected chi connectivity index (χ4v) is 5.09. The van der Waals surface area contributed by atoms with Gasteiger partial charge in [-0.1, -0.05) is 50.7 Å². The fraction of sp³-hybridized carbons (Fsp3) is 0.481. The molecule has 3 heterocycles. The minimum Gasteiger partial charge on any atom is -0.493 e. The highest BCUT2D eigenvalue weighted by Crippen LogP contribution is 2.35. The average Bonchev–Trinajstić information content (AvgIpc) is 3.36. The van der Waals surface area contributed by atoms with Gasteiger partial charge in [0.1, 0.15) is 5.75 Å². The summed E-state index contributed by atoms with van der Waals surface area (Å²) in [4.78, 5) is 22.2. The predicted molar refractivity (Wildman–Crippen MR) is 135 cm³/mol. The van der Waals surface area contributed by atoms with Gasteiger partial charge < -0.3 is 15.4 Å². The molecule has 8 heteroatoms. The summed E-state index contributed by atoms with van der Waals surface area (Å²) in [6, 6.07) is 8.02. The Labute approximate surface area is 206 Å². The van der Waals surface area contributed by atoms with Crippen LogP contribution < -0.4 is 15.4 Å². The second-order valence-electron chi connectivity index (χ2n) is 9.58. The van der Waals surface area contributed by atoms with Crippen molar-refractivity contribution in [2.24, 2.45) is 5.92 Å². The number of carbonyl (C=O) groups is 1. The number of hydrogen-bond donors (Lipinski definition) is 3. The maximum Gasteiger partial charge on any atom is 0.227 e. The van der Waals surface area contributed by atoms with Gasteiger partial charge in [0, 0.05) is 29.4 Å². The van der Waals surface area contributed by atoms with Gasteiger partial charge in [-0.3, -0.25) is 9.89 Å². The van der Waals surface area contributed by atoms with Crippen LogP contribution in [0.4, 0.5) is 11.6 Å². The molecule has 0 saturated heterocycles. The van der Waals surface area contributed by atoms with Crippen LogP contribution in [0.3, 0.4) is 0 Å². The zero-order valence-electron chi connectivity index (χ0n) is 20.1. The fourth-order valence-electron chi connectivity index (χ4n) is 5.09. The van der Waals surface area contributed by atoms with Crippen molar-refractivity contribution in [3.63, 3.8) is 0 Å². The molecule has 2 aliphatic rings. The average molecular weight is 475 g/mol. The number of carbonyl (C=O) groups excluding carboxylic acids is 1. The molecule has 184 valence electrons. The lowest BCUT2D eigenvalue weighted by Gasteiger charge is -2.23. The molecule has 2 aromatic heterocycles. The molecule has 1 amide bonds. The Morgan fingerprint density at radius 2 is 1.83 bits per heavy atom. The molecule has 1 aromatic carbocycles. The third kappa shape index (κ3) is 5.99. The molecule has 0 radical (unpaired) electrons.